The van der Waals surface area contributed by atoms with Crippen LogP contribution in [0.3, 0.4) is 0 Å². The average Bonchev–Trinajstić information content (AvgIpc) is 2.43. The lowest BCUT2D eigenvalue weighted by atomic mass is 10.1. The summed E-state index contributed by atoms with van der Waals surface area (Å²) in [6, 6.07) is 1.92. The molecule has 1 aliphatic rings. The van der Waals surface area contributed by atoms with E-state index in [1.165, 1.54) is 0 Å². The summed E-state index contributed by atoms with van der Waals surface area (Å²) in [6.07, 6.45) is -3.03. The van der Waals surface area contributed by atoms with Gasteiger partial charge in [0.1, 0.15) is 5.75 Å². The molecule has 0 spiro atoms. The first-order chi connectivity index (χ1) is 11.7. The number of ether oxygens (including phenoxy) is 1. The van der Waals surface area contributed by atoms with E-state index in [0.29, 0.717) is 4.90 Å². The van der Waals surface area contributed by atoms with E-state index in [1.807, 2.05) is 0 Å². The maximum atomic E-state index is 11.4. The van der Waals surface area contributed by atoms with E-state index in [2.05, 4.69) is 0 Å². The van der Waals surface area contributed by atoms with Gasteiger partial charge in [-0.3, -0.25) is 4.90 Å². The molecule has 8 heteroatoms. The van der Waals surface area contributed by atoms with Crippen LogP contribution in [0.2, 0.25) is 5.02 Å². The van der Waals surface area contributed by atoms with Crippen LogP contribution in [0.4, 0.5) is 16.2 Å². The quantitative estimate of drug-likeness (QED) is 0.865. The van der Waals surface area contributed by atoms with Gasteiger partial charge >= 0.3 is 12.1 Å². The highest BCUT2D eigenvalue weighted by molar-refractivity contribution is 6.33. The van der Waals surface area contributed by atoms with E-state index in [-0.39, 0.29) is 21.4 Å². The summed E-state index contributed by atoms with van der Waals surface area (Å²) in [5, 5.41) is 18.0. The van der Waals surface area contributed by atoms with Gasteiger partial charge < -0.3 is 19.8 Å². The van der Waals surface area contributed by atoms with E-state index < -0.39 is 44.4 Å². The Kier molecular flexibility index (Phi) is 2.09. The molecule has 2 N–H and O–H groups in total. The number of carboxylic acids is 1. The molecule has 20 heavy (non-hydrogen) atoms. The second kappa shape index (κ2) is 5.09. The first-order valence-electron chi connectivity index (χ1n) is 8.27. The van der Waals surface area contributed by atoms with E-state index in [1.54, 1.807) is 0 Å². The van der Waals surface area contributed by atoms with E-state index >= 15 is 0 Å². The third-order valence-electron chi connectivity index (χ3n) is 2.68. The van der Waals surface area contributed by atoms with Crippen LogP contribution in [0.1, 0.15) is 8.22 Å². The molecule has 0 saturated heterocycles. The Morgan fingerprint density at radius 1 is 1.50 bits per heavy atom. The summed E-state index contributed by atoms with van der Waals surface area (Å²) in [7, 11) is 0. The molecule has 1 aliphatic heterocycles. The SMILES string of the molecule is [2H]C([2H])([2H])N(c1cc2c(cc1Cl)N(C(=O)O)CC(C(=O)O)O2)C([2H])([2H])[2H]. The van der Waals surface area contributed by atoms with Gasteiger partial charge in [0.15, 0.2) is 0 Å². The lowest BCUT2D eigenvalue weighted by Gasteiger charge is -2.32. The largest absolute Gasteiger partial charge is 0.478 e. The number of amides is 1. The molecule has 0 radical (unpaired) electrons. The molecule has 0 fully saturated rings. The standard InChI is InChI=1S/C12H13ClN2O5/c1-14(2)7-4-9-8(3-6(7)13)15(12(18)19)5-10(20-9)11(16)17/h3-4,10H,5H2,1-2H3,(H,16,17)(H,18,19)/i1D3,2D3. The first-order valence-corrected chi connectivity index (χ1v) is 5.65. The Morgan fingerprint density at radius 3 is 2.75 bits per heavy atom. The van der Waals surface area contributed by atoms with Crippen LogP contribution >= 0.6 is 11.6 Å². The number of anilines is 2. The molecule has 1 aromatic rings. The summed E-state index contributed by atoms with van der Waals surface area (Å²) in [5.74, 6) is -1.76. The Morgan fingerprint density at radius 2 is 2.20 bits per heavy atom. The molecule has 0 bridgehead atoms. The van der Waals surface area contributed by atoms with Crippen LogP contribution in [0.15, 0.2) is 12.1 Å². The molecule has 108 valence electrons. The fraction of sp³-hybridized carbons (Fsp3) is 0.333. The van der Waals surface area contributed by atoms with Crippen LogP contribution in [-0.4, -0.2) is 48.9 Å². The predicted octanol–water partition coefficient (Wildman–Crippen LogP) is 1.74. The second-order valence-electron chi connectivity index (χ2n) is 3.94. The molecular formula is C12H13ClN2O5. The number of rotatable bonds is 2. The van der Waals surface area contributed by atoms with E-state index in [0.717, 1.165) is 12.1 Å². The smallest absolute Gasteiger partial charge is 0.412 e. The molecule has 1 amide bonds. The predicted molar refractivity (Wildman–Crippen MR) is 73.2 cm³/mol. The number of fused-ring (bicyclic) bond motifs is 1. The van der Waals surface area contributed by atoms with Crippen molar-refractivity contribution in [2.45, 2.75) is 6.10 Å². The number of hydrogen-bond acceptors (Lipinski definition) is 4. The summed E-state index contributed by atoms with van der Waals surface area (Å²) < 4.78 is 49.8. The van der Waals surface area contributed by atoms with Crippen molar-refractivity contribution in [2.75, 3.05) is 30.3 Å². The number of benzene rings is 1. The lowest BCUT2D eigenvalue weighted by molar-refractivity contribution is -0.144. The second-order valence-corrected chi connectivity index (χ2v) is 4.35. The Hall–Kier alpha value is -2.15. The van der Waals surface area contributed by atoms with Crippen molar-refractivity contribution in [3.8, 4) is 5.75 Å². The van der Waals surface area contributed by atoms with Crippen molar-refractivity contribution in [1.82, 2.24) is 0 Å². The lowest BCUT2D eigenvalue weighted by Crippen LogP contribution is -2.46. The fourth-order valence-electron chi connectivity index (χ4n) is 1.77. The van der Waals surface area contributed by atoms with Gasteiger partial charge in [0, 0.05) is 28.2 Å². The number of halogens is 1. The molecule has 7 nitrogen and oxygen atoms in total. The van der Waals surface area contributed by atoms with Crippen molar-refractivity contribution in [3.05, 3.63) is 17.2 Å². The van der Waals surface area contributed by atoms with Crippen molar-refractivity contribution >= 4 is 35.0 Å². The number of carboxylic acid groups (broad SMARTS) is 2. The summed E-state index contributed by atoms with van der Waals surface area (Å²) in [4.78, 5) is 23.3. The third kappa shape index (κ3) is 2.44. The maximum Gasteiger partial charge on any atom is 0.412 e. The van der Waals surface area contributed by atoms with Crippen LogP contribution in [0.5, 0.6) is 5.75 Å². The zero-order valence-corrected chi connectivity index (χ0v) is 10.6. The normalized spacial score (nSPS) is 22.9. The molecule has 0 aliphatic carbocycles. The number of hydrogen-bond donors (Lipinski definition) is 2. The van der Waals surface area contributed by atoms with Gasteiger partial charge in [-0.25, -0.2) is 9.59 Å². The van der Waals surface area contributed by atoms with Gasteiger partial charge in [-0.1, -0.05) is 11.6 Å². The maximum absolute atomic E-state index is 11.4. The van der Waals surface area contributed by atoms with Crippen LogP contribution in [0, 0.1) is 0 Å². The third-order valence-corrected chi connectivity index (χ3v) is 2.99. The number of nitrogens with zero attached hydrogens (tertiary/aromatic N) is 2. The van der Waals surface area contributed by atoms with Crippen LogP contribution in [-0.2, 0) is 4.79 Å². The molecule has 0 saturated carbocycles. The fourth-order valence-corrected chi connectivity index (χ4v) is 2.02. The van der Waals surface area contributed by atoms with E-state index in [4.69, 9.17) is 29.7 Å². The molecule has 1 heterocycles. The zero-order valence-electron chi connectivity index (χ0n) is 15.8. The van der Waals surface area contributed by atoms with Gasteiger partial charge in [0.05, 0.1) is 22.9 Å². The molecule has 1 unspecified atom stereocenters. The minimum absolute atomic E-state index is 0.0987. The van der Waals surface area contributed by atoms with Crippen molar-refractivity contribution in [2.24, 2.45) is 0 Å². The average molecular weight is 307 g/mol. The van der Waals surface area contributed by atoms with E-state index in [9.17, 15) is 14.7 Å². The van der Waals surface area contributed by atoms with Gasteiger partial charge in [0.25, 0.3) is 0 Å². The number of aliphatic carboxylic acids is 1. The van der Waals surface area contributed by atoms with Crippen LogP contribution < -0.4 is 14.5 Å². The summed E-state index contributed by atoms with van der Waals surface area (Å²) in [5.41, 5.74) is -0.596. The van der Waals surface area contributed by atoms with Crippen molar-refractivity contribution < 1.29 is 32.8 Å². The Balaban J connectivity index is 2.65. The Labute approximate surface area is 128 Å². The van der Waals surface area contributed by atoms with Gasteiger partial charge in [0.2, 0.25) is 6.10 Å². The monoisotopic (exact) mass is 306 g/mol. The van der Waals surface area contributed by atoms with Crippen molar-refractivity contribution in [3.63, 3.8) is 0 Å². The highest BCUT2D eigenvalue weighted by atomic mass is 35.5. The highest BCUT2D eigenvalue weighted by Gasteiger charge is 2.34. The summed E-state index contributed by atoms with van der Waals surface area (Å²) >= 11 is 6.00. The molecule has 1 aromatic carbocycles. The molecule has 1 atom stereocenters. The summed E-state index contributed by atoms with van der Waals surface area (Å²) in [6.45, 7) is -6.72. The number of carbonyl (C=O) groups is 2. The van der Waals surface area contributed by atoms with Crippen molar-refractivity contribution in [1.29, 1.82) is 0 Å². The van der Waals surface area contributed by atoms with Gasteiger partial charge in [-0.15, -0.1) is 0 Å². The van der Waals surface area contributed by atoms with Gasteiger partial charge in [-0.05, 0) is 6.07 Å². The zero-order chi connectivity index (χ0) is 20.0. The first kappa shape index (κ1) is 8.21. The van der Waals surface area contributed by atoms with Crippen LogP contribution in [0.25, 0.3) is 0 Å². The highest BCUT2D eigenvalue weighted by Crippen LogP contribution is 2.40. The molecule has 2 rings (SSSR count). The molecular weight excluding hydrogens is 288 g/mol. The Bertz CT molecular complexity index is 739. The minimum atomic E-state index is -3.10. The molecule has 0 aromatic heterocycles. The minimum Gasteiger partial charge on any atom is -0.478 e. The van der Waals surface area contributed by atoms with Gasteiger partial charge in [-0.2, -0.15) is 0 Å². The topological polar surface area (TPSA) is 90.3 Å².